The Kier molecular flexibility index (Phi) is 2.88. The van der Waals surface area contributed by atoms with Gasteiger partial charge in [0.15, 0.2) is 5.78 Å². The van der Waals surface area contributed by atoms with Crippen molar-refractivity contribution in [2.24, 2.45) is 0 Å². The van der Waals surface area contributed by atoms with Crippen molar-refractivity contribution in [2.45, 2.75) is 6.42 Å². The maximum absolute atomic E-state index is 11.5. The van der Waals surface area contributed by atoms with Crippen molar-refractivity contribution in [3.63, 3.8) is 0 Å². The summed E-state index contributed by atoms with van der Waals surface area (Å²) in [6.07, 6.45) is 1.12. The fourth-order valence-corrected chi connectivity index (χ4v) is 1.86. The van der Waals surface area contributed by atoms with Crippen LogP contribution in [-0.4, -0.2) is 28.1 Å². The Morgan fingerprint density at radius 1 is 1.47 bits per heavy atom. The zero-order chi connectivity index (χ0) is 12.6. The van der Waals surface area contributed by atoms with E-state index in [0.717, 1.165) is 4.90 Å². The number of amides is 1. The summed E-state index contributed by atoms with van der Waals surface area (Å²) in [6.45, 7) is -0.158. The number of nitrogens with zero attached hydrogens (tertiary/aromatic N) is 3. The summed E-state index contributed by atoms with van der Waals surface area (Å²) >= 11 is 3.06. The van der Waals surface area contributed by atoms with Crippen LogP contribution in [0.4, 0.5) is 11.5 Å². The number of hydrogen-bond acceptors (Lipinski definition) is 5. The summed E-state index contributed by atoms with van der Waals surface area (Å²) in [5, 5.41) is 10.8. The van der Waals surface area contributed by atoms with Crippen LogP contribution in [0.25, 0.3) is 0 Å². The number of hydrogen-bond donors (Lipinski definition) is 0. The average Bonchev–Trinajstić information content (AvgIpc) is 2.57. The first kappa shape index (κ1) is 11.6. The molecule has 0 aliphatic carbocycles. The Morgan fingerprint density at radius 2 is 2.18 bits per heavy atom. The van der Waals surface area contributed by atoms with Gasteiger partial charge in [-0.3, -0.25) is 24.6 Å². The number of aromatic nitrogens is 1. The molecule has 88 valence electrons. The number of nitro groups is 1. The molecule has 1 aliphatic heterocycles. The fraction of sp³-hybridized carbons (Fsp3) is 0.222. The first-order chi connectivity index (χ1) is 7.99. The molecule has 2 heterocycles. The summed E-state index contributed by atoms with van der Waals surface area (Å²) in [5.74, 6) is -0.823. The van der Waals surface area contributed by atoms with Crippen LogP contribution in [0.3, 0.4) is 0 Å². The highest BCUT2D eigenvalue weighted by Crippen LogP contribution is 2.30. The van der Waals surface area contributed by atoms with Gasteiger partial charge < -0.3 is 0 Å². The van der Waals surface area contributed by atoms with Crippen molar-refractivity contribution in [2.75, 3.05) is 11.4 Å². The third-order valence-corrected chi connectivity index (χ3v) is 2.68. The molecular formula is C9H6BrN3O4. The minimum absolute atomic E-state index is 0.0888. The molecule has 8 heteroatoms. The fourth-order valence-electron chi connectivity index (χ4n) is 1.54. The van der Waals surface area contributed by atoms with Gasteiger partial charge >= 0.3 is 5.69 Å². The number of pyridine rings is 1. The molecule has 1 aromatic rings. The molecule has 17 heavy (non-hydrogen) atoms. The first-order valence-electron chi connectivity index (χ1n) is 4.61. The van der Waals surface area contributed by atoms with E-state index in [1.54, 1.807) is 0 Å². The predicted octanol–water partition coefficient (Wildman–Crippen LogP) is 1.06. The van der Waals surface area contributed by atoms with Gasteiger partial charge in [-0.1, -0.05) is 0 Å². The number of halogens is 1. The summed E-state index contributed by atoms with van der Waals surface area (Å²) in [6, 6.07) is 1.25. The van der Waals surface area contributed by atoms with Crippen LogP contribution in [0.15, 0.2) is 16.7 Å². The van der Waals surface area contributed by atoms with E-state index < -0.39 is 10.8 Å². The molecule has 0 spiro atoms. The van der Waals surface area contributed by atoms with Crippen LogP contribution >= 0.6 is 15.9 Å². The van der Waals surface area contributed by atoms with E-state index in [2.05, 4.69) is 20.9 Å². The van der Waals surface area contributed by atoms with Gasteiger partial charge in [0.1, 0.15) is 0 Å². The molecule has 1 aromatic heterocycles. The zero-order valence-electron chi connectivity index (χ0n) is 8.42. The maximum atomic E-state index is 11.5. The van der Waals surface area contributed by atoms with Crippen LogP contribution in [-0.2, 0) is 9.59 Å². The van der Waals surface area contributed by atoms with Crippen LogP contribution in [0, 0.1) is 10.1 Å². The van der Waals surface area contributed by atoms with Crippen LogP contribution in [0.2, 0.25) is 0 Å². The summed E-state index contributed by atoms with van der Waals surface area (Å²) < 4.78 is 0.436. The van der Waals surface area contributed by atoms with Crippen LogP contribution in [0.5, 0.6) is 0 Å². The Bertz CT molecular complexity index is 531. The highest BCUT2D eigenvalue weighted by Gasteiger charge is 2.34. The highest BCUT2D eigenvalue weighted by molar-refractivity contribution is 9.10. The summed E-state index contributed by atoms with van der Waals surface area (Å²) in [4.78, 5) is 37.7. The maximum Gasteiger partial charge on any atom is 0.313 e. The van der Waals surface area contributed by atoms with E-state index in [4.69, 9.17) is 0 Å². The summed E-state index contributed by atoms with van der Waals surface area (Å²) in [7, 11) is 0. The van der Waals surface area contributed by atoms with Crippen LogP contribution in [0.1, 0.15) is 6.42 Å². The van der Waals surface area contributed by atoms with E-state index in [-0.39, 0.29) is 30.3 Å². The van der Waals surface area contributed by atoms with Gasteiger partial charge in [0.05, 0.1) is 17.9 Å². The monoisotopic (exact) mass is 299 g/mol. The van der Waals surface area contributed by atoms with Gasteiger partial charge in [-0.05, 0) is 15.9 Å². The number of carbonyl (C=O) groups excluding carboxylic acids is 2. The molecule has 0 saturated carbocycles. The van der Waals surface area contributed by atoms with Crippen molar-refractivity contribution in [1.29, 1.82) is 0 Å². The lowest BCUT2D eigenvalue weighted by Gasteiger charge is -2.13. The van der Waals surface area contributed by atoms with Crippen molar-refractivity contribution in [1.82, 2.24) is 4.98 Å². The molecule has 1 aliphatic rings. The van der Waals surface area contributed by atoms with E-state index in [9.17, 15) is 19.7 Å². The molecule has 0 N–H and O–H groups in total. The Morgan fingerprint density at radius 3 is 2.71 bits per heavy atom. The number of Topliss-reactive ketones (excluding diaryl/α,β-unsaturated/α-hetero) is 1. The number of ketones is 1. The molecule has 0 atom stereocenters. The standard InChI is InChI=1S/C9H6BrN3O4/c10-5-1-7(13(16)17)9(11-3-5)12-4-6(14)2-8(12)15/h1,3H,2,4H2. The predicted molar refractivity (Wildman–Crippen MR) is 60.6 cm³/mol. The van der Waals surface area contributed by atoms with Crippen molar-refractivity contribution in [3.8, 4) is 0 Å². The molecule has 1 saturated heterocycles. The second-order valence-corrected chi connectivity index (χ2v) is 4.36. The SMILES string of the molecule is O=C1CC(=O)N(c2ncc(Br)cc2[N+](=O)[O-])C1. The zero-order valence-corrected chi connectivity index (χ0v) is 10.0. The lowest BCUT2D eigenvalue weighted by atomic mass is 10.3. The van der Waals surface area contributed by atoms with E-state index in [0.29, 0.717) is 4.47 Å². The van der Waals surface area contributed by atoms with Crippen molar-refractivity contribution >= 4 is 39.1 Å². The Hall–Kier alpha value is -1.83. The third-order valence-electron chi connectivity index (χ3n) is 2.25. The van der Waals surface area contributed by atoms with E-state index in [1.165, 1.54) is 12.3 Å². The van der Waals surface area contributed by atoms with Gasteiger partial charge in [-0.2, -0.15) is 0 Å². The van der Waals surface area contributed by atoms with Gasteiger partial charge in [0.25, 0.3) is 0 Å². The van der Waals surface area contributed by atoms with Gasteiger partial charge in [-0.25, -0.2) is 4.98 Å². The molecule has 1 amide bonds. The lowest BCUT2D eigenvalue weighted by Crippen LogP contribution is -2.26. The molecular weight excluding hydrogens is 294 g/mol. The highest BCUT2D eigenvalue weighted by atomic mass is 79.9. The molecule has 0 bridgehead atoms. The molecule has 2 rings (SSSR count). The Balaban J connectivity index is 2.48. The largest absolute Gasteiger partial charge is 0.313 e. The van der Waals surface area contributed by atoms with Gasteiger partial charge in [0, 0.05) is 16.7 Å². The lowest BCUT2D eigenvalue weighted by molar-refractivity contribution is -0.384. The third kappa shape index (κ3) is 2.16. The second-order valence-electron chi connectivity index (χ2n) is 3.45. The van der Waals surface area contributed by atoms with E-state index >= 15 is 0 Å². The second kappa shape index (κ2) is 4.21. The molecule has 7 nitrogen and oxygen atoms in total. The molecule has 1 fully saturated rings. The van der Waals surface area contributed by atoms with Crippen molar-refractivity contribution < 1.29 is 14.5 Å². The van der Waals surface area contributed by atoms with Gasteiger partial charge in [0.2, 0.25) is 11.7 Å². The van der Waals surface area contributed by atoms with Crippen molar-refractivity contribution in [3.05, 3.63) is 26.9 Å². The minimum atomic E-state index is -0.636. The normalized spacial score (nSPS) is 15.5. The molecule has 0 aromatic carbocycles. The number of rotatable bonds is 2. The molecule has 0 radical (unpaired) electrons. The average molecular weight is 300 g/mol. The van der Waals surface area contributed by atoms with E-state index in [1.807, 2.05) is 0 Å². The number of carbonyl (C=O) groups is 2. The topological polar surface area (TPSA) is 93.4 Å². The summed E-state index contributed by atoms with van der Waals surface area (Å²) in [5.41, 5.74) is -0.303. The number of anilines is 1. The van der Waals surface area contributed by atoms with Gasteiger partial charge in [-0.15, -0.1) is 0 Å². The smallest absolute Gasteiger partial charge is 0.297 e. The Labute approximate surface area is 104 Å². The minimum Gasteiger partial charge on any atom is -0.297 e. The quantitative estimate of drug-likeness (QED) is 0.462. The molecule has 0 unspecified atom stereocenters. The first-order valence-corrected chi connectivity index (χ1v) is 5.40. The van der Waals surface area contributed by atoms with Crippen LogP contribution < -0.4 is 4.90 Å².